The molecule has 6 unspecified atom stereocenters. The first-order valence-corrected chi connectivity index (χ1v) is 10.00. The molecule has 2 saturated carbocycles. The molecule has 1 aliphatic heterocycles. The van der Waals surface area contributed by atoms with E-state index < -0.39 is 47.9 Å². The number of carboxylic acid groups (broad SMARTS) is 1. The van der Waals surface area contributed by atoms with Crippen LogP contribution in [0.25, 0.3) is 10.8 Å². The van der Waals surface area contributed by atoms with Gasteiger partial charge in [0.15, 0.2) is 0 Å². The van der Waals surface area contributed by atoms with Crippen LogP contribution in [-0.4, -0.2) is 40.3 Å². The molecule has 1 saturated heterocycles. The standard InChI is InChI=1S/C20H15IO7/c21-15-9-3-1-8(5-7(9)2-4-12(15)22)19(25)27-16-10-6-11-14(13(10)18(23)24)20(26)28-17(11)16/h1-5,10-11,13-14,16-17,22H,6H2,(H,23,24). The van der Waals surface area contributed by atoms with E-state index in [1.165, 1.54) is 0 Å². The van der Waals surface area contributed by atoms with Gasteiger partial charge in [-0.1, -0.05) is 12.1 Å². The summed E-state index contributed by atoms with van der Waals surface area (Å²) in [6.07, 6.45) is -0.775. The summed E-state index contributed by atoms with van der Waals surface area (Å²) in [5.74, 6) is -4.05. The molecule has 0 spiro atoms. The van der Waals surface area contributed by atoms with Crippen LogP contribution < -0.4 is 0 Å². The van der Waals surface area contributed by atoms with Gasteiger partial charge in [-0.15, -0.1) is 0 Å². The van der Waals surface area contributed by atoms with E-state index in [1.54, 1.807) is 30.3 Å². The lowest BCUT2D eigenvalue weighted by Gasteiger charge is -2.29. The number of ether oxygens (including phenoxy) is 2. The zero-order chi connectivity index (χ0) is 19.7. The number of phenols is 1. The van der Waals surface area contributed by atoms with Crippen LogP contribution in [0.5, 0.6) is 5.75 Å². The zero-order valence-corrected chi connectivity index (χ0v) is 16.5. The van der Waals surface area contributed by atoms with Gasteiger partial charge in [-0.25, -0.2) is 4.79 Å². The van der Waals surface area contributed by atoms with Crippen LogP contribution in [0.2, 0.25) is 0 Å². The molecule has 2 aromatic carbocycles. The monoisotopic (exact) mass is 494 g/mol. The summed E-state index contributed by atoms with van der Waals surface area (Å²) in [5, 5.41) is 20.9. The van der Waals surface area contributed by atoms with Crippen molar-refractivity contribution in [2.75, 3.05) is 0 Å². The van der Waals surface area contributed by atoms with Gasteiger partial charge in [-0.3, -0.25) is 9.59 Å². The van der Waals surface area contributed by atoms with Crippen molar-refractivity contribution in [1.29, 1.82) is 0 Å². The van der Waals surface area contributed by atoms with Crippen LogP contribution in [0.1, 0.15) is 16.8 Å². The highest BCUT2D eigenvalue weighted by Crippen LogP contribution is 2.58. The molecule has 2 aromatic rings. The zero-order valence-electron chi connectivity index (χ0n) is 14.4. The summed E-state index contributed by atoms with van der Waals surface area (Å²) in [6.45, 7) is 0. The quantitative estimate of drug-likeness (QED) is 0.499. The number of phenolic OH excluding ortho intramolecular Hbond substituents is 1. The highest BCUT2D eigenvalue weighted by Gasteiger charge is 2.69. The third-order valence-corrected chi connectivity index (χ3v) is 7.38. The lowest BCUT2D eigenvalue weighted by Crippen LogP contribution is -2.43. The molecule has 7 nitrogen and oxygen atoms in total. The molecule has 3 aliphatic rings. The largest absolute Gasteiger partial charge is 0.507 e. The number of hydrogen-bond donors (Lipinski definition) is 2. The van der Waals surface area contributed by atoms with E-state index in [0.717, 1.165) is 10.8 Å². The Bertz CT molecular complexity index is 1050. The fraction of sp³-hybridized carbons (Fsp3) is 0.350. The smallest absolute Gasteiger partial charge is 0.338 e. The molecule has 0 amide bonds. The van der Waals surface area contributed by atoms with Crippen molar-refractivity contribution in [2.45, 2.75) is 18.6 Å². The van der Waals surface area contributed by atoms with Crippen molar-refractivity contribution in [1.82, 2.24) is 0 Å². The molecule has 2 bridgehead atoms. The first-order valence-electron chi connectivity index (χ1n) is 8.92. The molecule has 5 rings (SSSR count). The van der Waals surface area contributed by atoms with E-state index in [4.69, 9.17) is 9.47 Å². The Morgan fingerprint density at radius 1 is 1.18 bits per heavy atom. The first kappa shape index (κ1) is 17.7. The van der Waals surface area contributed by atoms with Crippen LogP contribution in [0, 0.1) is 27.2 Å². The van der Waals surface area contributed by atoms with Gasteiger partial charge in [0, 0.05) is 11.8 Å². The molecule has 28 heavy (non-hydrogen) atoms. The van der Waals surface area contributed by atoms with Gasteiger partial charge in [-0.05, 0) is 58.0 Å². The van der Waals surface area contributed by atoms with E-state index in [1.807, 2.05) is 22.6 Å². The van der Waals surface area contributed by atoms with Crippen molar-refractivity contribution in [3.05, 3.63) is 39.5 Å². The maximum absolute atomic E-state index is 12.7. The van der Waals surface area contributed by atoms with Crippen molar-refractivity contribution >= 4 is 51.3 Å². The highest BCUT2D eigenvalue weighted by molar-refractivity contribution is 14.1. The van der Waals surface area contributed by atoms with Crippen LogP contribution >= 0.6 is 22.6 Å². The Kier molecular flexibility index (Phi) is 3.84. The predicted molar refractivity (Wildman–Crippen MR) is 104 cm³/mol. The molecular formula is C20H15IO7. The highest BCUT2D eigenvalue weighted by atomic mass is 127. The molecule has 1 heterocycles. The Morgan fingerprint density at radius 3 is 2.71 bits per heavy atom. The van der Waals surface area contributed by atoms with Gasteiger partial charge in [0.25, 0.3) is 0 Å². The number of carbonyl (C=O) groups is 3. The van der Waals surface area contributed by atoms with Crippen LogP contribution in [0.4, 0.5) is 0 Å². The second kappa shape index (κ2) is 6.07. The number of rotatable bonds is 3. The van der Waals surface area contributed by atoms with Gasteiger partial charge in [0.05, 0.1) is 21.0 Å². The SMILES string of the molecule is O=C(OC1C2CC3C1OC(=O)C3C2C(=O)O)c1ccc2c(I)c(O)ccc2c1. The van der Waals surface area contributed by atoms with Crippen molar-refractivity contribution in [3.8, 4) is 5.75 Å². The molecule has 6 atom stereocenters. The third-order valence-electron chi connectivity index (χ3n) is 6.24. The number of halogens is 1. The normalized spacial score (nSPS) is 32.5. The van der Waals surface area contributed by atoms with Gasteiger partial charge in [-0.2, -0.15) is 0 Å². The second-order valence-corrected chi connectivity index (χ2v) is 8.64. The molecule has 3 fully saturated rings. The summed E-state index contributed by atoms with van der Waals surface area (Å²) >= 11 is 2.04. The van der Waals surface area contributed by atoms with E-state index >= 15 is 0 Å². The van der Waals surface area contributed by atoms with E-state index in [2.05, 4.69) is 0 Å². The third kappa shape index (κ3) is 2.36. The number of benzene rings is 2. The Morgan fingerprint density at radius 2 is 1.96 bits per heavy atom. The minimum atomic E-state index is -1.05. The lowest BCUT2D eigenvalue weighted by molar-refractivity contribution is -0.151. The molecule has 2 N–H and O–H groups in total. The van der Waals surface area contributed by atoms with Crippen molar-refractivity contribution in [2.24, 2.45) is 23.7 Å². The molecule has 8 heteroatoms. The first-order chi connectivity index (χ1) is 13.4. The lowest BCUT2D eigenvalue weighted by atomic mass is 9.78. The van der Waals surface area contributed by atoms with Gasteiger partial charge in [0.1, 0.15) is 18.0 Å². The fourth-order valence-electron chi connectivity index (χ4n) is 5.08. The molecule has 0 radical (unpaired) electrons. The number of aromatic hydroxyl groups is 1. The number of carboxylic acids is 1. The van der Waals surface area contributed by atoms with Crippen LogP contribution in [0.15, 0.2) is 30.3 Å². The number of hydrogen-bond acceptors (Lipinski definition) is 6. The number of aliphatic carboxylic acids is 1. The topological polar surface area (TPSA) is 110 Å². The summed E-state index contributed by atoms with van der Waals surface area (Å²) in [5.41, 5.74) is 0.324. The predicted octanol–water partition coefficient (Wildman–Crippen LogP) is 2.57. The van der Waals surface area contributed by atoms with Gasteiger partial charge >= 0.3 is 17.9 Å². The van der Waals surface area contributed by atoms with Crippen LogP contribution in [0.3, 0.4) is 0 Å². The number of esters is 2. The number of fused-ring (bicyclic) bond motifs is 2. The minimum absolute atomic E-state index is 0.169. The van der Waals surface area contributed by atoms with Gasteiger partial charge in [0.2, 0.25) is 0 Å². The van der Waals surface area contributed by atoms with Crippen molar-refractivity contribution < 1.29 is 34.1 Å². The molecule has 2 aliphatic carbocycles. The Hall–Kier alpha value is -2.36. The van der Waals surface area contributed by atoms with E-state index in [0.29, 0.717) is 15.6 Å². The van der Waals surface area contributed by atoms with Gasteiger partial charge < -0.3 is 19.7 Å². The number of carbonyl (C=O) groups excluding carboxylic acids is 2. The maximum Gasteiger partial charge on any atom is 0.338 e. The molecule has 0 aromatic heterocycles. The maximum atomic E-state index is 12.7. The second-order valence-electron chi connectivity index (χ2n) is 7.56. The van der Waals surface area contributed by atoms with Crippen LogP contribution in [-0.2, 0) is 19.1 Å². The molecular weight excluding hydrogens is 479 g/mol. The minimum Gasteiger partial charge on any atom is -0.507 e. The average molecular weight is 494 g/mol. The Balaban J connectivity index is 1.43. The van der Waals surface area contributed by atoms with Crippen molar-refractivity contribution in [3.63, 3.8) is 0 Å². The van der Waals surface area contributed by atoms with E-state index in [9.17, 15) is 24.6 Å². The average Bonchev–Trinajstić information content (AvgIpc) is 3.28. The fourth-order valence-corrected chi connectivity index (χ4v) is 5.75. The summed E-state index contributed by atoms with van der Waals surface area (Å²) in [6, 6.07) is 8.29. The van der Waals surface area contributed by atoms with E-state index in [-0.39, 0.29) is 11.7 Å². The summed E-state index contributed by atoms with van der Waals surface area (Å²) in [4.78, 5) is 36.5. The summed E-state index contributed by atoms with van der Waals surface area (Å²) < 4.78 is 11.7. The summed E-state index contributed by atoms with van der Waals surface area (Å²) in [7, 11) is 0. The Labute approximate surface area is 172 Å². The molecule has 144 valence electrons.